The summed E-state index contributed by atoms with van der Waals surface area (Å²) in [7, 11) is 0. The molecule has 0 aliphatic carbocycles. The van der Waals surface area contributed by atoms with Crippen LogP contribution in [0.5, 0.6) is 11.6 Å². The molecule has 70 heavy (non-hydrogen) atoms. The van der Waals surface area contributed by atoms with Gasteiger partial charge in [0.1, 0.15) is 0 Å². The second-order valence-corrected chi connectivity index (χ2v) is 20.9. The molecule has 0 bridgehead atoms. The summed E-state index contributed by atoms with van der Waals surface area (Å²) < 4.78 is 56.4. The zero-order valence-electron chi connectivity index (χ0n) is 44.6. The molecular formula is C62H50BN5OPt-2. The molecule has 2 aliphatic heterocycles. The molecule has 6 nitrogen and oxygen atoms in total. The van der Waals surface area contributed by atoms with E-state index in [0.29, 0.717) is 34.4 Å². The van der Waals surface area contributed by atoms with E-state index in [1.807, 2.05) is 72.8 Å². The Hall–Kier alpha value is -7.47. The van der Waals surface area contributed by atoms with Crippen LogP contribution in [-0.4, -0.2) is 21.1 Å². The number of fused-ring (bicyclic) bond motifs is 9. The monoisotopic (exact) mass is 1090 g/mol. The Labute approximate surface area is 428 Å². The Morgan fingerprint density at radius 3 is 1.97 bits per heavy atom. The standard InChI is InChI=1S/C62H50BN5O.Pt/c1-61(2,3)44-37-43(38-45(39-44)62(4,5)6)49-28-19-27-48(42-21-8-7-9-22-42)60(49)66-41-65(54-31-14-15-32-55(54)66)46-23-18-24-47(40-46)69-59-36-20-35-58(64-59)68-57-34-17-16-33-56(57)67-53-30-13-11-26-51(53)50-25-10-12-29-52(50)63(67)68;/h7-33,35-39H,1-6H3;/q-2;/i7D,8D,9D,21D,22D;. The van der Waals surface area contributed by atoms with Crippen molar-refractivity contribution in [1.82, 2.24) is 14.1 Å². The Bertz CT molecular complexity index is 3980. The quantitative estimate of drug-likeness (QED) is 0.118. The molecule has 0 atom stereocenters. The van der Waals surface area contributed by atoms with E-state index in [-0.39, 0.29) is 35.5 Å². The molecule has 10 aromatic rings. The molecule has 2 aliphatic rings. The van der Waals surface area contributed by atoms with Gasteiger partial charge >= 0.3 is 347 Å². The van der Waals surface area contributed by atoms with Gasteiger partial charge in [0, 0.05) is 11.3 Å². The van der Waals surface area contributed by atoms with Crippen LogP contribution in [0.2, 0.25) is 0 Å². The van der Waals surface area contributed by atoms with Gasteiger partial charge in [0.05, 0.1) is 0 Å². The number of pyridine rings is 1. The number of aromatic nitrogens is 3. The number of anilines is 4. The zero-order valence-corrected chi connectivity index (χ0v) is 41.9. The fourth-order valence-corrected chi connectivity index (χ4v) is 11.1. The van der Waals surface area contributed by atoms with Crippen molar-refractivity contribution in [2.75, 3.05) is 9.62 Å². The van der Waals surface area contributed by atoms with Crippen molar-refractivity contribution in [3.05, 3.63) is 221 Å². The fraction of sp³-hybridized carbons (Fsp3) is 0.129. The van der Waals surface area contributed by atoms with Gasteiger partial charge in [-0.05, 0) is 11.6 Å². The first-order chi connectivity index (χ1) is 36.0. The zero-order chi connectivity index (χ0) is 52.2. The number of ether oxygens (including phenoxy) is 1. The van der Waals surface area contributed by atoms with Gasteiger partial charge in [-0.1, -0.05) is 42.5 Å². The van der Waals surface area contributed by atoms with Gasteiger partial charge in [-0.15, -0.1) is 6.07 Å². The van der Waals surface area contributed by atoms with Crippen molar-refractivity contribution in [1.29, 1.82) is 0 Å². The first-order valence-electron chi connectivity index (χ1n) is 26.0. The summed E-state index contributed by atoms with van der Waals surface area (Å²) >= 11 is 2.34. The summed E-state index contributed by atoms with van der Waals surface area (Å²) in [6.45, 7) is 13.1. The number of hydrogen-bond acceptors (Lipinski definition) is 4. The Morgan fingerprint density at radius 1 is 0.586 bits per heavy atom. The van der Waals surface area contributed by atoms with Crippen LogP contribution in [0.1, 0.15) is 59.5 Å². The van der Waals surface area contributed by atoms with Gasteiger partial charge in [-0.3, -0.25) is 0 Å². The maximum absolute atomic E-state index is 9.28. The van der Waals surface area contributed by atoms with Crippen LogP contribution in [0, 0.1) is 15.9 Å². The average molecular weight is 1090 g/mol. The van der Waals surface area contributed by atoms with Gasteiger partial charge in [0.2, 0.25) is 0 Å². The molecule has 2 aromatic heterocycles. The third kappa shape index (κ3) is 7.38. The van der Waals surface area contributed by atoms with Gasteiger partial charge in [0.25, 0.3) is 0 Å². The summed E-state index contributed by atoms with van der Waals surface area (Å²) in [5.74, 6) is 1.56. The van der Waals surface area contributed by atoms with Crippen LogP contribution in [-0.2, 0) is 30.2 Å². The van der Waals surface area contributed by atoms with Crippen LogP contribution >= 0.6 is 0 Å². The topological polar surface area (TPSA) is 38.5 Å². The molecule has 4 heterocycles. The van der Waals surface area contributed by atoms with Crippen LogP contribution in [0.4, 0.5) is 22.9 Å². The summed E-state index contributed by atoms with van der Waals surface area (Å²) in [5.41, 5.74) is 14.0. The Morgan fingerprint density at radius 2 is 1.21 bits per heavy atom. The molecule has 0 amide bonds. The number of nitrogens with zero attached hydrogens (tertiary/aromatic N) is 5. The van der Waals surface area contributed by atoms with E-state index >= 15 is 0 Å². The minimum absolute atomic E-state index is 0.124. The van der Waals surface area contributed by atoms with Crippen molar-refractivity contribution < 1.29 is 30.9 Å². The van der Waals surface area contributed by atoms with Crippen LogP contribution in [0.25, 0.3) is 55.8 Å². The van der Waals surface area contributed by atoms with E-state index < -0.39 is 18.1 Å². The Balaban J connectivity index is 1.00. The van der Waals surface area contributed by atoms with Crippen molar-refractivity contribution in [3.63, 3.8) is 0 Å². The normalized spacial score (nSPS) is 14.0. The molecule has 12 rings (SSSR count). The molecule has 0 N–H and O–H groups in total. The minimum atomic E-state index is -0.439. The van der Waals surface area contributed by atoms with Gasteiger partial charge in [-0.25, -0.2) is 0 Å². The number of hydrogen-bond donors (Lipinski definition) is 0. The SMILES string of the molecule is [2H]c1c([2H])c([2H])c(-c2cccc(-c3cc(C(C)(C)C)cc(C(C)(C)C)c3)c2-n2[c](=[Pt])n(-c3[c-]c(Oc4cccc(N5B6c7ccccc7-c7ccccc7N6c6ccc[c-]c65)n4)ccc3)c3ccccc32)c([2H])c1[2H]. The van der Waals surface area contributed by atoms with Crippen molar-refractivity contribution in [3.8, 4) is 56.4 Å². The molecule has 344 valence electrons. The van der Waals surface area contributed by atoms with Crippen molar-refractivity contribution in [2.24, 2.45) is 0 Å². The number of rotatable bonds is 7. The summed E-state index contributed by atoms with van der Waals surface area (Å²) in [6.07, 6.45) is 0. The van der Waals surface area contributed by atoms with Crippen molar-refractivity contribution >= 4 is 46.4 Å². The molecule has 8 heteroatoms. The number of imidazole rings is 1. The third-order valence-corrected chi connectivity index (χ3v) is 14.4. The first kappa shape index (κ1) is 38.4. The van der Waals surface area contributed by atoms with Gasteiger partial charge in [0.15, 0.2) is 0 Å². The fourth-order valence-electron chi connectivity index (χ4n) is 9.97. The molecule has 0 radical (unpaired) electrons. The molecular weight excluding hydrogens is 1040 g/mol. The molecule has 0 saturated carbocycles. The predicted octanol–water partition coefficient (Wildman–Crippen LogP) is 14.9. The van der Waals surface area contributed by atoms with E-state index in [2.05, 4.69) is 183 Å². The van der Waals surface area contributed by atoms with Crippen LogP contribution in [0.3, 0.4) is 0 Å². The maximum atomic E-state index is 9.28. The van der Waals surface area contributed by atoms with E-state index in [0.717, 1.165) is 59.6 Å². The van der Waals surface area contributed by atoms with E-state index in [9.17, 15) is 2.74 Å². The first-order valence-corrected chi connectivity index (χ1v) is 24.6. The van der Waals surface area contributed by atoms with E-state index in [1.54, 1.807) is 0 Å². The summed E-state index contributed by atoms with van der Waals surface area (Å²) in [4.78, 5) is 9.81. The second-order valence-electron chi connectivity index (χ2n) is 19.9. The number of benzene rings is 8. The molecule has 0 saturated heterocycles. The summed E-state index contributed by atoms with van der Waals surface area (Å²) in [5, 5.41) is 0. The third-order valence-electron chi connectivity index (χ3n) is 13.4. The van der Waals surface area contributed by atoms with E-state index in [1.165, 1.54) is 11.1 Å². The molecule has 0 unspecified atom stereocenters. The predicted molar refractivity (Wildman–Crippen MR) is 284 cm³/mol. The van der Waals surface area contributed by atoms with Crippen LogP contribution < -0.4 is 19.8 Å². The van der Waals surface area contributed by atoms with Gasteiger partial charge < -0.3 is 0 Å². The molecule has 8 aromatic carbocycles. The van der Waals surface area contributed by atoms with Crippen LogP contribution in [0.15, 0.2) is 194 Å². The second kappa shape index (κ2) is 16.9. The van der Waals surface area contributed by atoms with Crippen molar-refractivity contribution in [2.45, 2.75) is 52.4 Å². The van der Waals surface area contributed by atoms with Gasteiger partial charge in [-0.2, -0.15) is 12.1 Å². The summed E-state index contributed by atoms with van der Waals surface area (Å²) in [6, 6.07) is 60.9. The Kier molecular flexibility index (Phi) is 9.26. The number of para-hydroxylation sites is 5. The average Bonchev–Trinajstić information content (AvgIpc) is 3.96. The van der Waals surface area contributed by atoms with E-state index in [4.69, 9.17) is 13.8 Å². The molecule has 0 fully saturated rings. The molecule has 0 spiro atoms.